The molecule has 0 radical (unpaired) electrons. The van der Waals surface area contributed by atoms with E-state index in [0.717, 1.165) is 14.3 Å². The van der Waals surface area contributed by atoms with Gasteiger partial charge in [-0.2, -0.15) is 0 Å². The van der Waals surface area contributed by atoms with Crippen LogP contribution in [0.3, 0.4) is 0 Å². The molecule has 1 atom stereocenters. The quantitative estimate of drug-likeness (QED) is 0.305. The number of fused-ring (bicyclic) bond motifs is 1. The summed E-state index contributed by atoms with van der Waals surface area (Å²) in [4.78, 5) is 0. The summed E-state index contributed by atoms with van der Waals surface area (Å²) in [5.41, 5.74) is 12.9. The standard InChI is InChI=1S/C9H9IN4Se/c10-2-5-4-15-9-6(3-11)7(12)1-8(13)14(5)9/h1,5H,2,4H2,(H3,12,13)/p+1. The summed E-state index contributed by atoms with van der Waals surface area (Å²) in [5.74, 6) is 0.683. The third kappa shape index (κ3) is 1.69. The number of halogens is 1. The van der Waals surface area contributed by atoms with Crippen LogP contribution in [0.5, 0.6) is 0 Å². The minimum absolute atomic E-state index is 0.324. The first-order valence-electron chi connectivity index (χ1n) is 4.41. The van der Waals surface area contributed by atoms with E-state index < -0.39 is 0 Å². The van der Waals surface area contributed by atoms with Crippen molar-refractivity contribution in [2.75, 3.05) is 15.9 Å². The summed E-state index contributed by atoms with van der Waals surface area (Å²) in [7, 11) is 0. The van der Waals surface area contributed by atoms with Crippen LogP contribution in [0.25, 0.3) is 0 Å². The first kappa shape index (κ1) is 11.0. The molecule has 0 bridgehead atoms. The summed E-state index contributed by atoms with van der Waals surface area (Å²) >= 11 is 2.68. The van der Waals surface area contributed by atoms with Crippen molar-refractivity contribution >= 4 is 53.6 Å². The molecule has 1 aliphatic heterocycles. The molecule has 0 aliphatic carbocycles. The molecular formula is C9H10IN4Se+. The predicted octanol–water partition coefficient (Wildman–Crippen LogP) is -0.252. The second-order valence-electron chi connectivity index (χ2n) is 3.31. The number of nitrogens with zero attached hydrogens (tertiary/aromatic N) is 2. The van der Waals surface area contributed by atoms with Gasteiger partial charge in [0.1, 0.15) is 0 Å². The van der Waals surface area contributed by atoms with Gasteiger partial charge in [0.25, 0.3) is 0 Å². The van der Waals surface area contributed by atoms with Crippen molar-refractivity contribution in [3.05, 3.63) is 11.6 Å². The number of nitriles is 1. The Labute approximate surface area is 108 Å². The molecule has 1 aliphatic rings. The van der Waals surface area contributed by atoms with Crippen LogP contribution < -0.4 is 20.6 Å². The van der Waals surface area contributed by atoms with Crippen molar-refractivity contribution in [1.82, 2.24) is 0 Å². The van der Waals surface area contributed by atoms with E-state index in [1.165, 1.54) is 0 Å². The summed E-state index contributed by atoms with van der Waals surface area (Å²) < 4.78 is 4.17. The summed E-state index contributed by atoms with van der Waals surface area (Å²) in [6.45, 7) is 0. The van der Waals surface area contributed by atoms with Crippen molar-refractivity contribution in [2.24, 2.45) is 0 Å². The van der Waals surface area contributed by atoms with Crippen LogP contribution >= 0.6 is 22.6 Å². The zero-order valence-corrected chi connectivity index (χ0v) is 11.8. The van der Waals surface area contributed by atoms with Crippen LogP contribution in [0.2, 0.25) is 5.32 Å². The van der Waals surface area contributed by atoms with Crippen LogP contribution in [0, 0.1) is 11.3 Å². The van der Waals surface area contributed by atoms with Gasteiger partial charge in [0, 0.05) is 0 Å². The number of nitrogen functional groups attached to an aromatic ring is 2. The topological polar surface area (TPSA) is 79.7 Å². The van der Waals surface area contributed by atoms with E-state index in [-0.39, 0.29) is 0 Å². The zero-order valence-electron chi connectivity index (χ0n) is 7.90. The van der Waals surface area contributed by atoms with Gasteiger partial charge in [-0.25, -0.2) is 0 Å². The fraction of sp³-hybridized carbons (Fsp3) is 0.333. The van der Waals surface area contributed by atoms with Gasteiger partial charge in [-0.1, -0.05) is 0 Å². The molecule has 0 saturated carbocycles. The molecule has 4 nitrogen and oxygen atoms in total. The molecule has 2 rings (SSSR count). The van der Waals surface area contributed by atoms with E-state index in [9.17, 15) is 0 Å². The van der Waals surface area contributed by atoms with Gasteiger partial charge in [-0.3, -0.25) is 0 Å². The van der Waals surface area contributed by atoms with E-state index >= 15 is 0 Å². The molecule has 2 heterocycles. The maximum atomic E-state index is 9.06. The Hall–Kier alpha value is -0.511. The Morgan fingerprint density at radius 2 is 2.40 bits per heavy atom. The third-order valence-corrected chi connectivity index (χ3v) is 5.96. The second-order valence-corrected chi connectivity index (χ2v) is 6.30. The zero-order chi connectivity index (χ0) is 11.0. The van der Waals surface area contributed by atoms with Crippen molar-refractivity contribution in [3.8, 4) is 6.07 Å². The number of nitrogens with two attached hydrogens (primary N) is 2. The molecule has 1 unspecified atom stereocenters. The van der Waals surface area contributed by atoms with Gasteiger partial charge in [0.15, 0.2) is 0 Å². The number of alkyl halides is 1. The number of anilines is 2. The average molecular weight is 380 g/mol. The van der Waals surface area contributed by atoms with Crippen LogP contribution in [0.4, 0.5) is 11.5 Å². The van der Waals surface area contributed by atoms with E-state index in [4.69, 9.17) is 16.7 Å². The maximum absolute atomic E-state index is 9.06. The van der Waals surface area contributed by atoms with Gasteiger partial charge < -0.3 is 0 Å². The average Bonchev–Trinajstić information content (AvgIpc) is 2.62. The van der Waals surface area contributed by atoms with Gasteiger partial charge in [0.2, 0.25) is 0 Å². The molecule has 1 aromatic rings. The Morgan fingerprint density at radius 1 is 1.67 bits per heavy atom. The van der Waals surface area contributed by atoms with Gasteiger partial charge >= 0.3 is 108 Å². The molecule has 78 valence electrons. The Morgan fingerprint density at radius 3 is 3.00 bits per heavy atom. The SMILES string of the molecule is N#Cc1c(N)cc(N)[n+]2c1[Se]CC2CI. The normalized spacial score (nSPS) is 18.5. The van der Waals surface area contributed by atoms with E-state index in [1.807, 2.05) is 0 Å². The summed E-state index contributed by atoms with van der Waals surface area (Å²) in [6, 6.07) is 4.31. The number of hydrogen-bond donors (Lipinski definition) is 2. The predicted molar refractivity (Wildman–Crippen MR) is 68.3 cm³/mol. The molecule has 0 fully saturated rings. The first-order valence-corrected chi connectivity index (χ1v) is 8.00. The fourth-order valence-corrected chi connectivity index (χ4v) is 6.08. The molecule has 0 spiro atoms. The molecule has 0 saturated heterocycles. The molecule has 0 amide bonds. The number of hydrogen-bond acceptors (Lipinski definition) is 3. The van der Waals surface area contributed by atoms with Crippen LogP contribution in [0.15, 0.2) is 6.07 Å². The third-order valence-electron chi connectivity index (χ3n) is 2.37. The van der Waals surface area contributed by atoms with Crippen LogP contribution in [0.1, 0.15) is 11.6 Å². The summed E-state index contributed by atoms with van der Waals surface area (Å²) in [6.07, 6.45) is 0. The van der Waals surface area contributed by atoms with Gasteiger partial charge in [-0.05, 0) is 0 Å². The molecule has 1 aromatic heterocycles. The second kappa shape index (κ2) is 4.16. The molecule has 0 aromatic carbocycles. The van der Waals surface area contributed by atoms with Crippen LogP contribution in [-0.4, -0.2) is 19.4 Å². The molecule has 15 heavy (non-hydrogen) atoms. The Kier molecular flexibility index (Phi) is 3.05. The molecule has 4 N–H and O–H groups in total. The molecule has 6 heteroatoms. The Bertz CT molecular complexity index is 454. The van der Waals surface area contributed by atoms with E-state index in [1.54, 1.807) is 6.07 Å². The van der Waals surface area contributed by atoms with E-state index in [2.05, 4.69) is 33.2 Å². The fourth-order valence-electron chi connectivity index (χ4n) is 1.66. The number of aromatic nitrogens is 1. The van der Waals surface area contributed by atoms with Gasteiger partial charge in [-0.15, -0.1) is 0 Å². The first-order chi connectivity index (χ1) is 7.19. The van der Waals surface area contributed by atoms with Crippen molar-refractivity contribution in [3.63, 3.8) is 0 Å². The van der Waals surface area contributed by atoms with Crippen molar-refractivity contribution in [1.29, 1.82) is 5.26 Å². The Balaban J connectivity index is 2.67. The van der Waals surface area contributed by atoms with Crippen molar-refractivity contribution < 1.29 is 4.57 Å². The number of rotatable bonds is 1. The molecular weight excluding hydrogens is 370 g/mol. The summed E-state index contributed by atoms with van der Waals surface area (Å²) in [5, 5.41) is 10.2. The van der Waals surface area contributed by atoms with Gasteiger partial charge in [0.05, 0.1) is 0 Å². The van der Waals surface area contributed by atoms with Crippen LogP contribution in [-0.2, 0) is 0 Å². The minimum atomic E-state index is 0.324. The van der Waals surface area contributed by atoms with Crippen molar-refractivity contribution in [2.45, 2.75) is 11.4 Å². The van der Waals surface area contributed by atoms with E-state index in [0.29, 0.717) is 38.1 Å². The number of pyridine rings is 1. The monoisotopic (exact) mass is 381 g/mol.